The van der Waals surface area contributed by atoms with Gasteiger partial charge in [-0.3, -0.25) is 4.79 Å². The lowest BCUT2D eigenvalue weighted by atomic mass is 10.1. The van der Waals surface area contributed by atoms with E-state index in [0.717, 1.165) is 15.7 Å². The van der Waals surface area contributed by atoms with E-state index in [1.807, 2.05) is 30.3 Å². The van der Waals surface area contributed by atoms with Gasteiger partial charge in [0.1, 0.15) is 6.33 Å². The summed E-state index contributed by atoms with van der Waals surface area (Å²) in [5.41, 5.74) is 0.778. The molecule has 0 aliphatic rings. The first-order chi connectivity index (χ1) is 7.86. The predicted molar refractivity (Wildman–Crippen MR) is 66.0 cm³/mol. The molecule has 0 saturated carbocycles. The molecule has 0 aliphatic carbocycles. The van der Waals surface area contributed by atoms with Gasteiger partial charge in [0.05, 0.1) is 0 Å². The first-order valence-corrected chi connectivity index (χ1v) is 6.60. The molecule has 0 saturated heterocycles. The molecule has 0 radical (unpaired) electrons. The van der Waals surface area contributed by atoms with Crippen molar-refractivity contribution in [3.8, 4) is 0 Å². The van der Waals surface area contributed by atoms with Crippen LogP contribution in [-0.4, -0.2) is 20.9 Å². The van der Waals surface area contributed by atoms with Crippen molar-refractivity contribution < 1.29 is 4.79 Å². The molecule has 0 fully saturated rings. The van der Waals surface area contributed by atoms with Crippen LogP contribution in [0.5, 0.6) is 0 Å². The fourth-order valence-corrected chi connectivity index (χ4v) is 2.68. The maximum atomic E-state index is 11.7. The van der Waals surface area contributed by atoms with Crippen LogP contribution in [0, 0.1) is 0 Å². The monoisotopic (exact) mass is 250 g/mol. The van der Waals surface area contributed by atoms with E-state index in [-0.39, 0.29) is 5.78 Å². The Morgan fingerprint density at radius 2 is 2.12 bits per heavy atom. The molecule has 1 aromatic carbocycles. The number of benzene rings is 1. The van der Waals surface area contributed by atoms with Gasteiger partial charge in [-0.05, 0) is 11.5 Å². The third-order valence-corrected chi connectivity index (χ3v) is 3.79. The van der Waals surface area contributed by atoms with Gasteiger partial charge in [-0.25, -0.2) is 4.98 Å². The third kappa shape index (κ3) is 3.15. The average Bonchev–Trinajstić information content (AvgIpc) is 2.83. The van der Waals surface area contributed by atoms with Gasteiger partial charge in [-0.2, -0.15) is 4.37 Å². The standard InChI is InChI=1S/C11H10N2OS2/c14-10(9-4-2-1-3-5-9)6-7-15-11-12-8-13-16-11/h1-5,8H,6-7H2. The van der Waals surface area contributed by atoms with Gasteiger partial charge in [0.15, 0.2) is 10.1 Å². The SMILES string of the molecule is O=C(CCSc1ncns1)c1ccccc1. The summed E-state index contributed by atoms with van der Waals surface area (Å²) in [6.07, 6.45) is 2.07. The van der Waals surface area contributed by atoms with Crippen molar-refractivity contribution in [1.29, 1.82) is 0 Å². The summed E-state index contributed by atoms with van der Waals surface area (Å²) in [6.45, 7) is 0. The molecule has 82 valence electrons. The second kappa shape index (κ2) is 5.77. The number of hydrogen-bond acceptors (Lipinski definition) is 5. The molecular weight excluding hydrogens is 240 g/mol. The van der Waals surface area contributed by atoms with E-state index in [9.17, 15) is 4.79 Å². The summed E-state index contributed by atoms with van der Waals surface area (Å²) in [5.74, 6) is 0.931. The lowest BCUT2D eigenvalue weighted by Crippen LogP contribution is -1.99. The molecule has 1 heterocycles. The molecule has 0 amide bonds. The molecule has 3 nitrogen and oxygen atoms in total. The van der Waals surface area contributed by atoms with Crippen LogP contribution < -0.4 is 0 Å². The topological polar surface area (TPSA) is 42.9 Å². The van der Waals surface area contributed by atoms with E-state index in [4.69, 9.17) is 0 Å². The Kier molecular flexibility index (Phi) is 4.07. The van der Waals surface area contributed by atoms with Gasteiger partial charge < -0.3 is 0 Å². The normalized spacial score (nSPS) is 10.2. The highest BCUT2D eigenvalue weighted by Gasteiger charge is 2.05. The van der Waals surface area contributed by atoms with Crippen LogP contribution in [-0.2, 0) is 0 Å². The minimum absolute atomic E-state index is 0.178. The molecule has 2 rings (SSSR count). The zero-order valence-corrected chi connectivity index (χ0v) is 10.1. The smallest absolute Gasteiger partial charge is 0.169 e. The highest BCUT2D eigenvalue weighted by atomic mass is 32.2. The number of carbonyl (C=O) groups excluding carboxylic acids is 1. The largest absolute Gasteiger partial charge is 0.294 e. The van der Waals surface area contributed by atoms with Crippen molar-refractivity contribution in [2.45, 2.75) is 10.8 Å². The molecule has 0 spiro atoms. The number of hydrogen-bond donors (Lipinski definition) is 0. The van der Waals surface area contributed by atoms with Gasteiger partial charge in [-0.1, -0.05) is 42.1 Å². The number of nitrogens with zero attached hydrogens (tertiary/aromatic N) is 2. The van der Waals surface area contributed by atoms with Crippen LogP contribution in [0.3, 0.4) is 0 Å². The number of Topliss-reactive ketones (excluding diaryl/α,β-unsaturated/α-hetero) is 1. The first-order valence-electron chi connectivity index (χ1n) is 4.84. The Morgan fingerprint density at radius 1 is 1.31 bits per heavy atom. The van der Waals surface area contributed by atoms with Crippen LogP contribution in [0.4, 0.5) is 0 Å². The Balaban J connectivity index is 1.81. The van der Waals surface area contributed by atoms with Gasteiger partial charge in [0, 0.05) is 17.7 Å². The number of carbonyl (C=O) groups is 1. The summed E-state index contributed by atoms with van der Waals surface area (Å²) < 4.78 is 4.82. The van der Waals surface area contributed by atoms with Crippen LogP contribution in [0.15, 0.2) is 41.0 Å². The molecule has 5 heteroatoms. The van der Waals surface area contributed by atoms with Crippen molar-refractivity contribution in [3.63, 3.8) is 0 Å². The lowest BCUT2D eigenvalue weighted by molar-refractivity contribution is 0.0989. The van der Waals surface area contributed by atoms with E-state index < -0.39 is 0 Å². The van der Waals surface area contributed by atoms with Crippen molar-refractivity contribution in [3.05, 3.63) is 42.2 Å². The second-order valence-electron chi connectivity index (χ2n) is 3.09. The lowest BCUT2D eigenvalue weighted by Gasteiger charge is -1.98. The summed E-state index contributed by atoms with van der Waals surface area (Å²) >= 11 is 2.94. The minimum atomic E-state index is 0.178. The summed E-state index contributed by atoms with van der Waals surface area (Å²) in [4.78, 5) is 15.8. The van der Waals surface area contributed by atoms with Crippen LogP contribution in [0.1, 0.15) is 16.8 Å². The Labute approximate surface area is 102 Å². The summed E-state index contributed by atoms with van der Waals surface area (Å²) in [6, 6.07) is 9.36. The van der Waals surface area contributed by atoms with E-state index >= 15 is 0 Å². The maximum Gasteiger partial charge on any atom is 0.169 e. The number of thioether (sulfide) groups is 1. The van der Waals surface area contributed by atoms with Gasteiger partial charge in [0.2, 0.25) is 0 Å². The maximum absolute atomic E-state index is 11.7. The molecule has 1 aromatic heterocycles. The molecular formula is C11H10N2OS2. The van der Waals surface area contributed by atoms with Crippen LogP contribution >= 0.6 is 23.3 Å². The molecule has 0 bridgehead atoms. The zero-order valence-electron chi connectivity index (χ0n) is 8.50. The molecule has 0 atom stereocenters. The summed E-state index contributed by atoms with van der Waals surface area (Å²) in [5, 5.41) is 0. The van der Waals surface area contributed by atoms with E-state index in [1.54, 1.807) is 11.8 Å². The van der Waals surface area contributed by atoms with Crippen molar-refractivity contribution in [2.75, 3.05) is 5.75 Å². The average molecular weight is 250 g/mol. The molecule has 16 heavy (non-hydrogen) atoms. The fourth-order valence-electron chi connectivity index (χ4n) is 1.23. The van der Waals surface area contributed by atoms with Crippen LogP contribution in [0.25, 0.3) is 0 Å². The van der Waals surface area contributed by atoms with Crippen molar-refractivity contribution in [2.24, 2.45) is 0 Å². The number of aromatic nitrogens is 2. The fraction of sp³-hybridized carbons (Fsp3) is 0.182. The van der Waals surface area contributed by atoms with E-state index in [2.05, 4.69) is 9.36 Å². The second-order valence-corrected chi connectivity index (χ2v) is 5.22. The highest BCUT2D eigenvalue weighted by molar-refractivity contribution is 8.00. The molecule has 0 unspecified atom stereocenters. The highest BCUT2D eigenvalue weighted by Crippen LogP contribution is 2.19. The third-order valence-electron chi connectivity index (χ3n) is 1.99. The van der Waals surface area contributed by atoms with Crippen molar-refractivity contribution in [1.82, 2.24) is 9.36 Å². The quantitative estimate of drug-likeness (QED) is 0.604. The molecule has 0 N–H and O–H groups in total. The summed E-state index contributed by atoms with van der Waals surface area (Å²) in [7, 11) is 0. The van der Waals surface area contributed by atoms with Crippen molar-refractivity contribution >= 4 is 29.1 Å². The van der Waals surface area contributed by atoms with E-state index in [1.165, 1.54) is 17.9 Å². The number of ketones is 1. The zero-order chi connectivity index (χ0) is 11.2. The Hall–Kier alpha value is -1.20. The number of rotatable bonds is 5. The first kappa shape index (κ1) is 11.3. The minimum Gasteiger partial charge on any atom is -0.294 e. The predicted octanol–water partition coefficient (Wildman–Crippen LogP) is 2.90. The molecule has 0 aliphatic heterocycles. The van der Waals surface area contributed by atoms with E-state index in [0.29, 0.717) is 6.42 Å². The Morgan fingerprint density at radius 3 is 2.81 bits per heavy atom. The molecule has 2 aromatic rings. The van der Waals surface area contributed by atoms with Crippen LogP contribution in [0.2, 0.25) is 0 Å². The van der Waals surface area contributed by atoms with Gasteiger partial charge in [0.25, 0.3) is 0 Å². The van der Waals surface area contributed by atoms with Gasteiger partial charge in [-0.15, -0.1) is 0 Å². The van der Waals surface area contributed by atoms with Gasteiger partial charge >= 0.3 is 0 Å². The Bertz CT molecular complexity index is 442.